The van der Waals surface area contributed by atoms with E-state index in [4.69, 9.17) is 5.73 Å². The molecular weight excluding hydrogens is 259 g/mol. The van der Waals surface area contributed by atoms with Crippen LogP contribution in [0.15, 0.2) is 36.4 Å². The average Bonchev–Trinajstić information content (AvgIpc) is 2.84. The van der Waals surface area contributed by atoms with Crippen molar-refractivity contribution >= 4 is 17.0 Å². The molecule has 0 amide bonds. The van der Waals surface area contributed by atoms with Crippen molar-refractivity contribution in [3.8, 4) is 11.8 Å². The summed E-state index contributed by atoms with van der Waals surface area (Å²) >= 11 is 1.65. The Balaban J connectivity index is 2.04. The number of nitrogens with zero attached hydrogens (tertiary/aromatic N) is 1. The van der Waals surface area contributed by atoms with Gasteiger partial charge in [0.05, 0.1) is 18.0 Å². The fourth-order valence-electron chi connectivity index (χ4n) is 1.69. The summed E-state index contributed by atoms with van der Waals surface area (Å²) < 4.78 is 12.9. The van der Waals surface area contributed by atoms with Crippen molar-refractivity contribution in [3.05, 3.63) is 52.0 Å². The van der Waals surface area contributed by atoms with Crippen LogP contribution in [0.1, 0.15) is 9.75 Å². The fraction of sp³-hybridized carbons (Fsp3) is 0.200. The molecule has 2 nitrogen and oxygen atoms in total. The Bertz CT molecular complexity index is 593. The van der Waals surface area contributed by atoms with Crippen LogP contribution in [0.3, 0.4) is 0 Å². The summed E-state index contributed by atoms with van der Waals surface area (Å²) in [6.07, 6.45) is 0. The van der Waals surface area contributed by atoms with Gasteiger partial charge in [-0.25, -0.2) is 4.39 Å². The number of hydrogen-bond acceptors (Lipinski definition) is 3. The molecule has 0 aliphatic rings. The van der Waals surface area contributed by atoms with Gasteiger partial charge in [0.2, 0.25) is 0 Å². The van der Waals surface area contributed by atoms with Gasteiger partial charge in [-0.05, 0) is 36.4 Å². The Morgan fingerprint density at radius 3 is 2.63 bits per heavy atom. The molecule has 19 heavy (non-hydrogen) atoms. The Morgan fingerprint density at radius 1 is 1.21 bits per heavy atom. The predicted molar refractivity (Wildman–Crippen MR) is 78.8 cm³/mol. The van der Waals surface area contributed by atoms with Crippen molar-refractivity contribution in [1.29, 1.82) is 0 Å². The maximum absolute atomic E-state index is 12.9. The van der Waals surface area contributed by atoms with Crippen LogP contribution in [0.25, 0.3) is 0 Å². The Hall–Kier alpha value is -1.83. The van der Waals surface area contributed by atoms with Gasteiger partial charge in [-0.15, -0.1) is 11.3 Å². The lowest BCUT2D eigenvalue weighted by molar-refractivity contribution is 0.627. The van der Waals surface area contributed by atoms with E-state index in [1.807, 2.05) is 13.1 Å². The molecule has 1 aromatic carbocycles. The third-order valence-corrected chi connectivity index (χ3v) is 3.62. The highest BCUT2D eigenvalue weighted by atomic mass is 32.1. The molecule has 98 valence electrons. The molecular formula is C15H15FN2S. The summed E-state index contributed by atoms with van der Waals surface area (Å²) in [5.74, 6) is 5.65. The van der Waals surface area contributed by atoms with Gasteiger partial charge in [0.25, 0.3) is 0 Å². The minimum atomic E-state index is -0.215. The first-order valence-electron chi connectivity index (χ1n) is 5.93. The standard InChI is InChI=1S/C15H15FN2S/c1-18(13-6-4-12(16)5-7-13)11-15-9-8-14(19-15)3-2-10-17/h4-9H,10-11,17H2,1H3. The van der Waals surface area contributed by atoms with Crippen molar-refractivity contribution in [2.75, 3.05) is 18.5 Å². The first-order valence-corrected chi connectivity index (χ1v) is 6.75. The second-order valence-electron chi connectivity index (χ2n) is 4.10. The van der Waals surface area contributed by atoms with E-state index in [0.29, 0.717) is 6.54 Å². The van der Waals surface area contributed by atoms with E-state index < -0.39 is 0 Å². The van der Waals surface area contributed by atoms with Crippen LogP contribution >= 0.6 is 11.3 Å². The van der Waals surface area contributed by atoms with Crippen molar-refractivity contribution in [2.45, 2.75) is 6.54 Å². The van der Waals surface area contributed by atoms with Gasteiger partial charge >= 0.3 is 0 Å². The minimum Gasteiger partial charge on any atom is -0.369 e. The Kier molecular flexibility index (Phi) is 4.56. The van der Waals surface area contributed by atoms with Crippen LogP contribution < -0.4 is 10.6 Å². The zero-order chi connectivity index (χ0) is 13.7. The van der Waals surface area contributed by atoms with Gasteiger partial charge in [-0.1, -0.05) is 11.8 Å². The lowest BCUT2D eigenvalue weighted by atomic mass is 10.3. The molecule has 2 N–H and O–H groups in total. The quantitative estimate of drug-likeness (QED) is 0.872. The number of thiophene rings is 1. The number of anilines is 1. The third kappa shape index (κ3) is 3.82. The van der Waals surface area contributed by atoms with E-state index >= 15 is 0 Å². The SMILES string of the molecule is CN(Cc1ccc(C#CCN)s1)c1ccc(F)cc1. The molecule has 0 spiro atoms. The third-order valence-electron chi connectivity index (χ3n) is 2.64. The Labute approximate surface area is 116 Å². The van der Waals surface area contributed by atoms with Crippen LogP contribution in [0, 0.1) is 17.7 Å². The maximum atomic E-state index is 12.9. The lowest BCUT2D eigenvalue weighted by Crippen LogP contribution is -2.15. The van der Waals surface area contributed by atoms with Gasteiger partial charge < -0.3 is 10.6 Å². The van der Waals surface area contributed by atoms with Gasteiger partial charge in [-0.2, -0.15) is 0 Å². The van der Waals surface area contributed by atoms with Gasteiger partial charge in [0, 0.05) is 17.6 Å². The number of benzene rings is 1. The summed E-state index contributed by atoms with van der Waals surface area (Å²) in [5.41, 5.74) is 6.33. The molecule has 0 saturated carbocycles. The van der Waals surface area contributed by atoms with E-state index in [2.05, 4.69) is 22.8 Å². The molecule has 1 aromatic heterocycles. The molecule has 0 fully saturated rings. The second kappa shape index (κ2) is 6.37. The number of hydrogen-bond donors (Lipinski definition) is 1. The first kappa shape index (κ1) is 13.6. The van der Waals surface area contributed by atoms with Gasteiger partial charge in [0.1, 0.15) is 5.82 Å². The van der Waals surface area contributed by atoms with E-state index in [9.17, 15) is 4.39 Å². The Morgan fingerprint density at radius 2 is 1.95 bits per heavy atom. The van der Waals surface area contributed by atoms with Crippen LogP contribution in [-0.4, -0.2) is 13.6 Å². The molecule has 0 aliphatic heterocycles. The molecule has 2 aromatic rings. The smallest absolute Gasteiger partial charge is 0.123 e. The molecule has 2 rings (SSSR count). The van der Waals surface area contributed by atoms with Gasteiger partial charge in [0.15, 0.2) is 0 Å². The summed E-state index contributed by atoms with van der Waals surface area (Å²) in [6.45, 7) is 1.16. The average molecular weight is 274 g/mol. The van der Waals surface area contributed by atoms with Gasteiger partial charge in [-0.3, -0.25) is 0 Å². The summed E-state index contributed by atoms with van der Waals surface area (Å²) in [6, 6.07) is 10.6. The highest BCUT2D eigenvalue weighted by Crippen LogP contribution is 2.20. The summed E-state index contributed by atoms with van der Waals surface area (Å²) in [7, 11) is 1.98. The highest BCUT2D eigenvalue weighted by Gasteiger charge is 2.04. The lowest BCUT2D eigenvalue weighted by Gasteiger charge is -2.18. The van der Waals surface area contributed by atoms with Crippen molar-refractivity contribution < 1.29 is 4.39 Å². The molecule has 0 radical (unpaired) electrons. The monoisotopic (exact) mass is 274 g/mol. The number of halogens is 1. The topological polar surface area (TPSA) is 29.3 Å². The first-order chi connectivity index (χ1) is 9.19. The largest absolute Gasteiger partial charge is 0.369 e. The number of nitrogens with two attached hydrogens (primary N) is 1. The molecule has 0 saturated heterocycles. The highest BCUT2D eigenvalue weighted by molar-refractivity contribution is 7.12. The van der Waals surface area contributed by atoms with Crippen molar-refractivity contribution in [1.82, 2.24) is 0 Å². The van der Waals surface area contributed by atoms with Crippen LogP contribution in [0.5, 0.6) is 0 Å². The molecule has 0 atom stereocenters. The summed E-state index contributed by atoms with van der Waals surface area (Å²) in [4.78, 5) is 4.31. The van der Waals surface area contributed by atoms with Crippen LogP contribution in [0.2, 0.25) is 0 Å². The van der Waals surface area contributed by atoms with E-state index in [1.54, 1.807) is 23.5 Å². The second-order valence-corrected chi connectivity index (χ2v) is 5.27. The predicted octanol–water partition coefficient (Wildman–Crippen LogP) is 2.83. The van der Waals surface area contributed by atoms with Crippen LogP contribution in [0.4, 0.5) is 10.1 Å². The van der Waals surface area contributed by atoms with E-state index in [0.717, 1.165) is 17.1 Å². The zero-order valence-electron chi connectivity index (χ0n) is 10.7. The fourth-order valence-corrected chi connectivity index (χ4v) is 2.62. The molecule has 1 heterocycles. The van der Waals surface area contributed by atoms with E-state index in [-0.39, 0.29) is 5.82 Å². The van der Waals surface area contributed by atoms with E-state index in [1.165, 1.54) is 17.0 Å². The molecule has 0 bridgehead atoms. The maximum Gasteiger partial charge on any atom is 0.123 e. The zero-order valence-corrected chi connectivity index (χ0v) is 11.5. The van der Waals surface area contributed by atoms with Crippen LogP contribution in [-0.2, 0) is 6.54 Å². The minimum absolute atomic E-state index is 0.215. The number of rotatable bonds is 3. The molecule has 0 unspecified atom stereocenters. The normalized spacial score (nSPS) is 9.84. The molecule has 0 aliphatic carbocycles. The molecule has 4 heteroatoms. The summed E-state index contributed by atoms with van der Waals surface area (Å²) in [5, 5.41) is 0. The van der Waals surface area contributed by atoms with Crippen molar-refractivity contribution in [2.24, 2.45) is 5.73 Å². The van der Waals surface area contributed by atoms with Crippen molar-refractivity contribution in [3.63, 3.8) is 0 Å².